The molecule has 5 nitrogen and oxygen atoms in total. The van der Waals surface area contributed by atoms with Gasteiger partial charge in [-0.1, -0.05) is 35.9 Å². The van der Waals surface area contributed by atoms with Gasteiger partial charge in [-0.15, -0.1) is 0 Å². The molecule has 3 rings (SSSR count). The molecular weight excluding hydrogens is 372 g/mol. The van der Waals surface area contributed by atoms with Crippen LogP contribution in [0.25, 0.3) is 0 Å². The fourth-order valence-electron chi connectivity index (χ4n) is 3.23. The van der Waals surface area contributed by atoms with Crippen LogP contribution in [0.2, 0.25) is 5.02 Å². The van der Waals surface area contributed by atoms with Gasteiger partial charge >= 0.3 is 0 Å². The summed E-state index contributed by atoms with van der Waals surface area (Å²) in [5.41, 5.74) is 3.45. The number of rotatable bonds is 5. The van der Waals surface area contributed by atoms with Gasteiger partial charge in [-0.05, 0) is 55.2 Å². The summed E-state index contributed by atoms with van der Waals surface area (Å²) in [6.45, 7) is 4.43. The molecular formula is C19H21ClN2O3S. The molecule has 2 aromatic carbocycles. The maximum Gasteiger partial charge on any atom is 0.245 e. The highest BCUT2D eigenvalue weighted by Gasteiger charge is 2.35. The van der Waals surface area contributed by atoms with Crippen molar-refractivity contribution in [2.75, 3.05) is 11.4 Å². The van der Waals surface area contributed by atoms with E-state index in [-0.39, 0.29) is 11.7 Å². The van der Waals surface area contributed by atoms with Crippen LogP contribution >= 0.6 is 11.6 Å². The SMILES string of the molecule is Cc1cc(C)cc(N2CCC(NS(=O)(=O)Cc3ccccc3Cl)C2=O)c1. The number of sulfonamides is 1. The summed E-state index contributed by atoms with van der Waals surface area (Å²) in [6.07, 6.45) is 0.438. The molecule has 26 heavy (non-hydrogen) atoms. The van der Waals surface area contributed by atoms with E-state index in [1.807, 2.05) is 32.0 Å². The Balaban J connectivity index is 1.73. The normalized spacial score (nSPS) is 17.7. The Bertz CT molecular complexity index is 923. The first-order valence-corrected chi connectivity index (χ1v) is 10.4. The second-order valence-corrected chi connectivity index (χ2v) is 8.81. The third kappa shape index (κ3) is 4.26. The van der Waals surface area contributed by atoms with Crippen LogP contribution in [-0.4, -0.2) is 26.9 Å². The lowest BCUT2D eigenvalue weighted by Gasteiger charge is -2.18. The lowest BCUT2D eigenvalue weighted by atomic mass is 10.1. The fourth-order valence-corrected chi connectivity index (χ4v) is 4.91. The van der Waals surface area contributed by atoms with E-state index in [1.165, 1.54) is 0 Å². The maximum atomic E-state index is 12.7. The number of aryl methyl sites for hydroxylation is 2. The molecule has 2 aromatic rings. The van der Waals surface area contributed by atoms with E-state index >= 15 is 0 Å². The van der Waals surface area contributed by atoms with Crippen molar-refractivity contribution in [3.05, 3.63) is 64.2 Å². The number of nitrogens with zero attached hydrogens (tertiary/aromatic N) is 1. The Hall–Kier alpha value is -1.89. The molecule has 1 unspecified atom stereocenters. The molecule has 1 heterocycles. The molecule has 1 N–H and O–H groups in total. The molecule has 1 amide bonds. The number of halogens is 1. The van der Waals surface area contributed by atoms with Gasteiger partial charge in [0.05, 0.1) is 5.75 Å². The van der Waals surface area contributed by atoms with Gasteiger partial charge in [-0.25, -0.2) is 13.1 Å². The van der Waals surface area contributed by atoms with Crippen molar-refractivity contribution >= 4 is 33.2 Å². The molecule has 1 saturated heterocycles. The van der Waals surface area contributed by atoms with E-state index in [1.54, 1.807) is 29.2 Å². The van der Waals surface area contributed by atoms with Crippen LogP contribution in [0.5, 0.6) is 0 Å². The zero-order valence-corrected chi connectivity index (χ0v) is 16.3. The van der Waals surface area contributed by atoms with Crippen molar-refractivity contribution in [3.8, 4) is 0 Å². The van der Waals surface area contributed by atoms with Gasteiger partial charge in [0.1, 0.15) is 6.04 Å². The van der Waals surface area contributed by atoms with Gasteiger partial charge in [0, 0.05) is 17.3 Å². The van der Waals surface area contributed by atoms with Crippen LogP contribution in [0.3, 0.4) is 0 Å². The zero-order valence-electron chi connectivity index (χ0n) is 14.7. The highest BCUT2D eigenvalue weighted by molar-refractivity contribution is 7.88. The number of benzene rings is 2. The molecule has 138 valence electrons. The lowest BCUT2D eigenvalue weighted by Crippen LogP contribution is -2.42. The van der Waals surface area contributed by atoms with E-state index in [0.29, 0.717) is 23.6 Å². The predicted octanol–water partition coefficient (Wildman–Crippen LogP) is 3.18. The quantitative estimate of drug-likeness (QED) is 0.849. The first kappa shape index (κ1) is 18.9. The van der Waals surface area contributed by atoms with Crippen LogP contribution in [0, 0.1) is 13.8 Å². The van der Waals surface area contributed by atoms with Gasteiger partial charge in [-0.3, -0.25) is 4.79 Å². The number of nitrogens with one attached hydrogen (secondary N) is 1. The Labute approximate surface area is 159 Å². The average molecular weight is 393 g/mol. The van der Waals surface area contributed by atoms with Gasteiger partial charge in [-0.2, -0.15) is 0 Å². The van der Waals surface area contributed by atoms with Crippen molar-refractivity contribution in [3.63, 3.8) is 0 Å². The number of carbonyl (C=O) groups excluding carboxylic acids is 1. The van der Waals surface area contributed by atoms with Crippen molar-refractivity contribution in [2.24, 2.45) is 0 Å². The Kier molecular flexibility index (Phi) is 5.37. The second-order valence-electron chi connectivity index (χ2n) is 6.65. The Morgan fingerprint density at radius 2 is 1.81 bits per heavy atom. The lowest BCUT2D eigenvalue weighted by molar-refractivity contribution is -0.118. The molecule has 0 saturated carbocycles. The number of hydrogen-bond donors (Lipinski definition) is 1. The largest absolute Gasteiger partial charge is 0.311 e. The first-order valence-electron chi connectivity index (χ1n) is 8.38. The zero-order chi connectivity index (χ0) is 18.9. The molecule has 0 spiro atoms. The smallest absolute Gasteiger partial charge is 0.245 e. The van der Waals surface area contributed by atoms with Crippen LogP contribution in [-0.2, 0) is 20.6 Å². The van der Waals surface area contributed by atoms with Crippen LogP contribution in [0.15, 0.2) is 42.5 Å². The maximum absolute atomic E-state index is 12.7. The van der Waals surface area contributed by atoms with Crippen LogP contribution < -0.4 is 9.62 Å². The predicted molar refractivity (Wildman–Crippen MR) is 104 cm³/mol. The first-order chi connectivity index (χ1) is 12.2. The minimum Gasteiger partial charge on any atom is -0.311 e. The van der Waals surface area contributed by atoms with Crippen LogP contribution in [0.1, 0.15) is 23.1 Å². The fraction of sp³-hybridized carbons (Fsp3) is 0.316. The summed E-state index contributed by atoms with van der Waals surface area (Å²) in [6, 6.07) is 12.0. The molecule has 1 atom stereocenters. The molecule has 1 aliphatic heterocycles. The van der Waals surface area contributed by atoms with Crippen molar-refractivity contribution in [2.45, 2.75) is 32.1 Å². The van der Waals surface area contributed by atoms with Crippen LogP contribution in [0.4, 0.5) is 5.69 Å². The number of hydrogen-bond acceptors (Lipinski definition) is 3. The minimum absolute atomic E-state index is 0.224. The number of amides is 1. The van der Waals surface area contributed by atoms with E-state index in [2.05, 4.69) is 4.72 Å². The number of carbonyl (C=O) groups is 1. The minimum atomic E-state index is -3.68. The van der Waals surface area contributed by atoms with Gasteiger partial charge in [0.2, 0.25) is 15.9 Å². The van der Waals surface area contributed by atoms with E-state index < -0.39 is 16.1 Å². The third-order valence-electron chi connectivity index (χ3n) is 4.35. The average Bonchev–Trinajstić information content (AvgIpc) is 2.89. The molecule has 0 aromatic heterocycles. The standard InChI is InChI=1S/C19H21ClN2O3S/c1-13-9-14(2)11-16(10-13)22-8-7-18(19(22)23)21-26(24,25)12-15-5-3-4-6-17(15)20/h3-6,9-11,18,21H,7-8,12H2,1-2H3. The summed E-state index contributed by atoms with van der Waals surface area (Å²) >= 11 is 6.04. The summed E-state index contributed by atoms with van der Waals surface area (Å²) in [5, 5.41) is 0.396. The molecule has 1 fully saturated rings. The highest BCUT2D eigenvalue weighted by atomic mass is 35.5. The van der Waals surface area contributed by atoms with E-state index in [9.17, 15) is 13.2 Å². The van der Waals surface area contributed by atoms with Gasteiger partial charge in [0.15, 0.2) is 0 Å². The van der Waals surface area contributed by atoms with Crippen molar-refractivity contribution < 1.29 is 13.2 Å². The molecule has 1 aliphatic rings. The Morgan fingerprint density at radius 1 is 1.15 bits per heavy atom. The molecule has 0 aliphatic carbocycles. The summed E-state index contributed by atoms with van der Waals surface area (Å²) in [7, 11) is -3.68. The van der Waals surface area contributed by atoms with Crippen molar-refractivity contribution in [1.82, 2.24) is 4.72 Å². The Morgan fingerprint density at radius 3 is 2.46 bits per heavy atom. The molecule has 7 heteroatoms. The number of anilines is 1. The highest BCUT2D eigenvalue weighted by Crippen LogP contribution is 2.25. The summed E-state index contributed by atoms with van der Waals surface area (Å²) in [5.74, 6) is -0.474. The molecule has 0 bridgehead atoms. The topological polar surface area (TPSA) is 66.5 Å². The van der Waals surface area contributed by atoms with Crippen molar-refractivity contribution in [1.29, 1.82) is 0 Å². The van der Waals surface area contributed by atoms with E-state index in [0.717, 1.165) is 16.8 Å². The van der Waals surface area contributed by atoms with E-state index in [4.69, 9.17) is 11.6 Å². The monoisotopic (exact) mass is 392 g/mol. The van der Waals surface area contributed by atoms with Gasteiger partial charge in [0.25, 0.3) is 0 Å². The molecule has 0 radical (unpaired) electrons. The van der Waals surface area contributed by atoms with Gasteiger partial charge < -0.3 is 4.90 Å². The second kappa shape index (κ2) is 7.39. The summed E-state index contributed by atoms with van der Waals surface area (Å²) < 4.78 is 27.5. The third-order valence-corrected chi connectivity index (χ3v) is 6.05. The summed E-state index contributed by atoms with van der Waals surface area (Å²) in [4.78, 5) is 14.3.